The molecule has 6 nitrogen and oxygen atoms in total. The quantitative estimate of drug-likeness (QED) is 0.595. The second-order valence-corrected chi connectivity index (χ2v) is 9.36. The van der Waals surface area contributed by atoms with Gasteiger partial charge >= 0.3 is 0 Å². The molecule has 0 spiro atoms. The smallest absolute Gasteiger partial charge is 0.192 e. The van der Waals surface area contributed by atoms with Crippen molar-refractivity contribution in [3.8, 4) is 17.2 Å². The molecule has 0 saturated heterocycles. The maximum Gasteiger partial charge on any atom is 0.192 e. The summed E-state index contributed by atoms with van der Waals surface area (Å²) in [6, 6.07) is 18.1. The molecule has 0 aromatic heterocycles. The molecule has 0 saturated carbocycles. The maximum atomic E-state index is 13.6. The van der Waals surface area contributed by atoms with Crippen molar-refractivity contribution in [3.05, 3.63) is 83.4 Å². The van der Waals surface area contributed by atoms with E-state index in [1.54, 1.807) is 54.6 Å². The van der Waals surface area contributed by atoms with E-state index in [2.05, 4.69) is 0 Å². The van der Waals surface area contributed by atoms with Crippen molar-refractivity contribution in [1.82, 2.24) is 0 Å². The highest BCUT2D eigenvalue weighted by Gasteiger charge is 2.47. The lowest BCUT2D eigenvalue weighted by molar-refractivity contribution is 0.0859. The molecular formula is C24H22O6S. The predicted molar refractivity (Wildman–Crippen MR) is 116 cm³/mol. The Morgan fingerprint density at radius 3 is 2.23 bits per heavy atom. The molecular weight excluding hydrogens is 416 g/mol. The minimum Gasteiger partial charge on any atom is -0.493 e. The van der Waals surface area contributed by atoms with E-state index in [4.69, 9.17) is 14.2 Å². The lowest BCUT2D eigenvalue weighted by Crippen LogP contribution is -2.42. The topological polar surface area (TPSA) is 78.9 Å². The van der Waals surface area contributed by atoms with Crippen LogP contribution < -0.4 is 14.2 Å². The molecule has 0 fully saturated rings. The van der Waals surface area contributed by atoms with Gasteiger partial charge in [0, 0.05) is 0 Å². The third-order valence-electron chi connectivity index (χ3n) is 5.36. The van der Waals surface area contributed by atoms with Crippen molar-refractivity contribution in [1.29, 1.82) is 0 Å². The molecule has 0 aliphatic carbocycles. The molecule has 3 aromatic carbocycles. The number of sulfone groups is 1. The van der Waals surface area contributed by atoms with Crippen LogP contribution in [-0.2, 0) is 9.84 Å². The fraction of sp³-hybridized carbons (Fsp3) is 0.208. The summed E-state index contributed by atoms with van der Waals surface area (Å²) in [5.41, 5.74) is 1.67. The highest BCUT2D eigenvalue weighted by molar-refractivity contribution is 7.93. The summed E-state index contributed by atoms with van der Waals surface area (Å²) in [5.74, 6) is 0.762. The minimum atomic E-state index is -4.05. The van der Waals surface area contributed by atoms with Gasteiger partial charge in [-0.05, 0) is 48.9 Å². The van der Waals surface area contributed by atoms with Crippen LogP contribution in [-0.4, -0.2) is 33.7 Å². The van der Waals surface area contributed by atoms with Crippen LogP contribution in [0, 0.1) is 6.92 Å². The number of Topliss-reactive ketones (excluding diaryl/α,β-unsaturated/α-hetero) is 1. The zero-order chi connectivity index (χ0) is 22.2. The predicted octanol–water partition coefficient (Wildman–Crippen LogP) is 4.17. The summed E-state index contributed by atoms with van der Waals surface area (Å²) in [5, 5.41) is -1.44. The molecule has 0 unspecified atom stereocenters. The molecule has 1 heterocycles. The number of ketones is 1. The summed E-state index contributed by atoms with van der Waals surface area (Å²) in [4.78, 5) is 13.5. The van der Waals surface area contributed by atoms with Crippen LogP contribution in [0.1, 0.15) is 27.6 Å². The molecule has 0 bridgehead atoms. The third kappa shape index (κ3) is 3.65. The fourth-order valence-electron chi connectivity index (χ4n) is 3.71. The monoisotopic (exact) mass is 438 g/mol. The van der Waals surface area contributed by atoms with E-state index in [-0.39, 0.29) is 10.5 Å². The lowest BCUT2D eigenvalue weighted by Gasteiger charge is -2.32. The Bertz CT molecular complexity index is 1230. The summed E-state index contributed by atoms with van der Waals surface area (Å²) >= 11 is 0. The summed E-state index contributed by atoms with van der Waals surface area (Å²) < 4.78 is 44.0. The minimum absolute atomic E-state index is 0.0740. The van der Waals surface area contributed by atoms with Crippen molar-refractivity contribution in [2.75, 3.05) is 14.2 Å². The van der Waals surface area contributed by atoms with Gasteiger partial charge in [0.2, 0.25) is 0 Å². The average Bonchev–Trinajstić information content (AvgIpc) is 2.78. The van der Waals surface area contributed by atoms with Gasteiger partial charge in [0.25, 0.3) is 0 Å². The Hall–Kier alpha value is -3.32. The number of carbonyl (C=O) groups is 1. The van der Waals surface area contributed by atoms with Crippen molar-refractivity contribution in [3.63, 3.8) is 0 Å². The van der Waals surface area contributed by atoms with Crippen molar-refractivity contribution in [2.45, 2.75) is 23.2 Å². The zero-order valence-corrected chi connectivity index (χ0v) is 18.2. The molecule has 1 aliphatic rings. The average molecular weight is 439 g/mol. The lowest BCUT2D eigenvalue weighted by atomic mass is 9.95. The standard InChI is InChI=1S/C24H22O6S/c1-15-8-11-17(12-9-15)31(26,27)24-22(25)18-6-4-5-7-19(18)30-23(24)16-10-13-20(28-2)21(14-16)29-3/h4-14,23-24H,1-3H3/t23-,24+/m1/s1. The highest BCUT2D eigenvalue weighted by Crippen LogP contribution is 2.42. The molecule has 3 aromatic rings. The number of methoxy groups -OCH3 is 2. The number of hydrogen-bond donors (Lipinski definition) is 0. The van der Waals surface area contributed by atoms with E-state index >= 15 is 0 Å². The van der Waals surface area contributed by atoms with E-state index in [1.807, 2.05) is 6.92 Å². The summed E-state index contributed by atoms with van der Waals surface area (Å²) in [6.45, 7) is 1.87. The first-order valence-electron chi connectivity index (χ1n) is 9.69. The fourth-order valence-corrected chi connectivity index (χ4v) is 5.47. The first-order chi connectivity index (χ1) is 14.9. The Morgan fingerprint density at radius 2 is 1.55 bits per heavy atom. The van der Waals surface area contributed by atoms with Gasteiger partial charge in [-0.25, -0.2) is 8.42 Å². The van der Waals surface area contributed by atoms with Gasteiger partial charge in [-0.2, -0.15) is 0 Å². The first-order valence-corrected chi connectivity index (χ1v) is 11.2. The Balaban J connectivity index is 1.89. The van der Waals surface area contributed by atoms with Crippen LogP contribution in [0.4, 0.5) is 0 Å². The SMILES string of the molecule is COc1ccc([C@H]2Oc3ccccc3C(=O)[C@@H]2S(=O)(=O)c2ccc(C)cc2)cc1OC. The highest BCUT2D eigenvalue weighted by atomic mass is 32.2. The van der Waals surface area contributed by atoms with Crippen LogP contribution in [0.2, 0.25) is 0 Å². The van der Waals surface area contributed by atoms with Gasteiger partial charge in [0.05, 0.1) is 24.7 Å². The Morgan fingerprint density at radius 1 is 0.871 bits per heavy atom. The number of hydrogen-bond acceptors (Lipinski definition) is 6. The van der Waals surface area contributed by atoms with Crippen molar-refractivity contribution < 1.29 is 27.4 Å². The van der Waals surface area contributed by atoms with Crippen LogP contribution >= 0.6 is 0 Å². The van der Waals surface area contributed by atoms with E-state index in [9.17, 15) is 13.2 Å². The number of rotatable bonds is 5. The normalized spacial score (nSPS) is 18.1. The first kappa shape index (κ1) is 20.9. The Kier molecular flexibility index (Phi) is 5.45. The van der Waals surface area contributed by atoms with Crippen molar-refractivity contribution in [2.24, 2.45) is 0 Å². The molecule has 160 valence electrons. The van der Waals surface area contributed by atoms with Gasteiger partial charge < -0.3 is 14.2 Å². The number of fused-ring (bicyclic) bond motifs is 1. The van der Waals surface area contributed by atoms with Crippen LogP contribution in [0.3, 0.4) is 0 Å². The number of aryl methyl sites for hydroxylation is 1. The molecule has 0 amide bonds. The maximum absolute atomic E-state index is 13.6. The molecule has 0 radical (unpaired) electrons. The number of para-hydroxylation sites is 1. The number of ether oxygens (including phenoxy) is 3. The molecule has 1 aliphatic heterocycles. The van der Waals surface area contributed by atoms with Crippen LogP contribution in [0.15, 0.2) is 71.6 Å². The van der Waals surface area contributed by atoms with Gasteiger partial charge in [0.15, 0.2) is 32.4 Å². The molecule has 4 rings (SSSR count). The second-order valence-electron chi connectivity index (χ2n) is 7.29. The summed E-state index contributed by atoms with van der Waals surface area (Å²) in [7, 11) is -1.05. The third-order valence-corrected chi connectivity index (χ3v) is 7.42. The van der Waals surface area contributed by atoms with Crippen molar-refractivity contribution >= 4 is 15.6 Å². The van der Waals surface area contributed by atoms with Crippen LogP contribution in [0.5, 0.6) is 17.2 Å². The van der Waals surface area contributed by atoms with Gasteiger partial charge in [-0.1, -0.05) is 35.9 Å². The van der Waals surface area contributed by atoms with E-state index in [0.717, 1.165) is 5.56 Å². The van der Waals surface area contributed by atoms with Gasteiger partial charge in [0.1, 0.15) is 11.9 Å². The zero-order valence-electron chi connectivity index (χ0n) is 17.4. The van der Waals surface area contributed by atoms with Crippen LogP contribution in [0.25, 0.3) is 0 Å². The molecule has 0 N–H and O–H groups in total. The summed E-state index contributed by atoms with van der Waals surface area (Å²) in [6.07, 6.45) is -1.05. The van der Waals surface area contributed by atoms with E-state index < -0.39 is 27.0 Å². The van der Waals surface area contributed by atoms with E-state index in [0.29, 0.717) is 22.8 Å². The molecule has 31 heavy (non-hydrogen) atoms. The molecule has 2 atom stereocenters. The van der Waals surface area contributed by atoms with Gasteiger partial charge in [-0.3, -0.25) is 4.79 Å². The Labute approximate surface area is 181 Å². The van der Waals surface area contributed by atoms with E-state index in [1.165, 1.54) is 26.4 Å². The second kappa shape index (κ2) is 8.07. The molecule has 7 heteroatoms. The number of carbonyl (C=O) groups excluding carboxylic acids is 1. The number of benzene rings is 3. The van der Waals surface area contributed by atoms with Gasteiger partial charge in [-0.15, -0.1) is 0 Å². The largest absolute Gasteiger partial charge is 0.493 e.